The lowest BCUT2D eigenvalue weighted by molar-refractivity contribution is 0.339. The summed E-state index contributed by atoms with van der Waals surface area (Å²) < 4.78 is 6.71. The molecule has 1 aliphatic rings. The van der Waals surface area contributed by atoms with Crippen molar-refractivity contribution in [1.29, 1.82) is 0 Å². The van der Waals surface area contributed by atoms with Gasteiger partial charge in [0.2, 0.25) is 0 Å². The van der Waals surface area contributed by atoms with E-state index >= 15 is 0 Å². The van der Waals surface area contributed by atoms with Crippen molar-refractivity contribution < 1.29 is 4.42 Å². The number of rotatable bonds is 5. The third-order valence-electron chi connectivity index (χ3n) is 7.66. The van der Waals surface area contributed by atoms with Gasteiger partial charge in [-0.15, -0.1) is 0 Å². The molecular formula is C33H33NO. The first-order valence-corrected chi connectivity index (χ1v) is 12.9. The summed E-state index contributed by atoms with van der Waals surface area (Å²) in [5, 5.41) is 2.49. The summed E-state index contributed by atoms with van der Waals surface area (Å²) in [7, 11) is 0. The highest BCUT2D eigenvalue weighted by Gasteiger charge is 2.45. The molecule has 0 spiro atoms. The molecule has 0 amide bonds. The van der Waals surface area contributed by atoms with E-state index in [1.54, 1.807) is 0 Å². The molecular weight excluding hydrogens is 426 g/mol. The zero-order chi connectivity index (χ0) is 24.3. The molecule has 0 saturated carbocycles. The molecule has 6 rings (SSSR count). The molecule has 0 bridgehead atoms. The summed E-state index contributed by atoms with van der Waals surface area (Å²) in [6.45, 7) is 11.6. The van der Waals surface area contributed by atoms with E-state index in [4.69, 9.17) is 4.42 Å². The second-order valence-electron chi connectivity index (χ2n) is 11.1. The van der Waals surface area contributed by atoms with Gasteiger partial charge in [-0.3, -0.25) is 4.98 Å². The van der Waals surface area contributed by atoms with Crippen LogP contribution in [0.1, 0.15) is 57.2 Å². The third-order valence-corrected chi connectivity index (χ3v) is 7.66. The zero-order valence-corrected chi connectivity index (χ0v) is 21.4. The first kappa shape index (κ1) is 22.1. The van der Waals surface area contributed by atoms with Crippen LogP contribution in [0, 0.1) is 18.8 Å². The standard InChI is InChI=1S/C33H33NO/c1-20(2)18-33(19-21(3)4)26-11-7-6-10-23(26)24-15-16-28-30(31(24)33)25-14-13-22(5)29(32(25)35-28)27-12-8-9-17-34-27/h6-17,20-21H,18-19H2,1-5H3. The molecule has 0 fully saturated rings. The molecule has 0 saturated heterocycles. The lowest BCUT2D eigenvalue weighted by Gasteiger charge is -2.36. The second kappa shape index (κ2) is 8.09. The van der Waals surface area contributed by atoms with Crippen LogP contribution in [0.25, 0.3) is 44.3 Å². The Bertz CT molecular complexity index is 1550. The fourth-order valence-corrected chi connectivity index (χ4v) is 6.75. The molecule has 35 heavy (non-hydrogen) atoms. The molecule has 0 atom stereocenters. The maximum Gasteiger partial charge on any atom is 0.145 e. The van der Waals surface area contributed by atoms with Crippen LogP contribution in [0.5, 0.6) is 0 Å². The van der Waals surface area contributed by atoms with E-state index in [0.29, 0.717) is 11.8 Å². The molecule has 2 aromatic heterocycles. The van der Waals surface area contributed by atoms with Crippen molar-refractivity contribution in [1.82, 2.24) is 4.98 Å². The number of pyridine rings is 1. The van der Waals surface area contributed by atoms with Crippen LogP contribution in [-0.4, -0.2) is 4.98 Å². The van der Waals surface area contributed by atoms with Crippen molar-refractivity contribution in [2.45, 2.75) is 52.9 Å². The third kappa shape index (κ3) is 3.26. The fourth-order valence-electron chi connectivity index (χ4n) is 6.75. The predicted molar refractivity (Wildman–Crippen MR) is 147 cm³/mol. The topological polar surface area (TPSA) is 26.0 Å². The minimum atomic E-state index is -0.0272. The van der Waals surface area contributed by atoms with Crippen LogP contribution in [0.3, 0.4) is 0 Å². The Morgan fingerprint density at radius 1 is 0.800 bits per heavy atom. The number of hydrogen-bond donors (Lipinski definition) is 0. The molecule has 0 aliphatic heterocycles. The summed E-state index contributed by atoms with van der Waals surface area (Å²) in [5.41, 5.74) is 10.9. The average molecular weight is 460 g/mol. The van der Waals surface area contributed by atoms with Gasteiger partial charge < -0.3 is 4.42 Å². The Kier molecular flexibility index (Phi) is 5.11. The smallest absolute Gasteiger partial charge is 0.145 e. The summed E-state index contributed by atoms with van der Waals surface area (Å²) >= 11 is 0. The van der Waals surface area contributed by atoms with E-state index in [-0.39, 0.29) is 5.41 Å². The fraction of sp³-hybridized carbons (Fsp3) is 0.303. The molecule has 176 valence electrons. The van der Waals surface area contributed by atoms with Crippen LogP contribution in [0.4, 0.5) is 0 Å². The predicted octanol–water partition coefficient (Wildman–Crippen LogP) is 9.32. The normalized spacial score (nSPS) is 14.3. The van der Waals surface area contributed by atoms with Gasteiger partial charge in [0.15, 0.2) is 0 Å². The van der Waals surface area contributed by atoms with Crippen LogP contribution < -0.4 is 0 Å². The molecule has 0 radical (unpaired) electrons. The lowest BCUT2D eigenvalue weighted by Crippen LogP contribution is -2.29. The van der Waals surface area contributed by atoms with Crippen LogP contribution in [-0.2, 0) is 5.41 Å². The van der Waals surface area contributed by atoms with Gasteiger partial charge in [-0.25, -0.2) is 0 Å². The Morgan fingerprint density at radius 2 is 1.54 bits per heavy atom. The van der Waals surface area contributed by atoms with E-state index in [2.05, 4.69) is 94.2 Å². The van der Waals surface area contributed by atoms with Gasteiger partial charge in [-0.1, -0.05) is 76.2 Å². The monoisotopic (exact) mass is 459 g/mol. The van der Waals surface area contributed by atoms with Crippen LogP contribution in [0.2, 0.25) is 0 Å². The average Bonchev–Trinajstić information content (AvgIpc) is 3.32. The molecule has 0 N–H and O–H groups in total. The van der Waals surface area contributed by atoms with Crippen molar-refractivity contribution in [3.05, 3.63) is 89.6 Å². The molecule has 5 aromatic rings. The van der Waals surface area contributed by atoms with Gasteiger partial charge in [0.05, 0.1) is 5.69 Å². The first-order chi connectivity index (χ1) is 16.9. The Labute approximate surface area is 208 Å². The van der Waals surface area contributed by atoms with Gasteiger partial charge in [0.25, 0.3) is 0 Å². The number of aryl methyl sites for hydroxylation is 1. The molecule has 1 aliphatic carbocycles. The highest BCUT2D eigenvalue weighted by molar-refractivity contribution is 6.14. The maximum absolute atomic E-state index is 6.71. The van der Waals surface area contributed by atoms with Crippen LogP contribution >= 0.6 is 0 Å². The van der Waals surface area contributed by atoms with Crippen LogP contribution in [0.15, 0.2) is 77.3 Å². The quantitative estimate of drug-likeness (QED) is 0.262. The highest BCUT2D eigenvalue weighted by atomic mass is 16.3. The molecule has 0 unspecified atom stereocenters. The van der Waals surface area contributed by atoms with Gasteiger partial charge in [0.1, 0.15) is 11.2 Å². The number of furan rings is 1. The number of fused-ring (bicyclic) bond motifs is 7. The van der Waals surface area contributed by atoms with Gasteiger partial charge in [0, 0.05) is 27.9 Å². The van der Waals surface area contributed by atoms with Gasteiger partial charge >= 0.3 is 0 Å². The summed E-state index contributed by atoms with van der Waals surface area (Å²) in [5.74, 6) is 1.15. The summed E-state index contributed by atoms with van der Waals surface area (Å²) in [6.07, 6.45) is 4.11. The van der Waals surface area contributed by atoms with Gasteiger partial charge in [-0.2, -0.15) is 0 Å². The largest absolute Gasteiger partial charge is 0.455 e. The molecule has 3 aromatic carbocycles. The minimum absolute atomic E-state index is 0.0272. The van der Waals surface area contributed by atoms with E-state index in [1.807, 2.05) is 18.3 Å². The zero-order valence-electron chi connectivity index (χ0n) is 21.4. The lowest BCUT2D eigenvalue weighted by atomic mass is 9.67. The number of aromatic nitrogens is 1. The molecule has 2 nitrogen and oxygen atoms in total. The number of nitrogens with zero attached hydrogens (tertiary/aromatic N) is 1. The SMILES string of the molecule is Cc1ccc2c(oc3ccc4c(c32)C(CC(C)C)(CC(C)C)c2ccccc2-4)c1-c1ccccn1. The Hall–Kier alpha value is -3.39. The summed E-state index contributed by atoms with van der Waals surface area (Å²) in [6, 6.07) is 24.2. The minimum Gasteiger partial charge on any atom is -0.455 e. The van der Waals surface area contributed by atoms with E-state index in [9.17, 15) is 0 Å². The molecule has 2 heterocycles. The Morgan fingerprint density at radius 3 is 2.26 bits per heavy atom. The van der Waals surface area contributed by atoms with E-state index in [0.717, 1.165) is 35.3 Å². The van der Waals surface area contributed by atoms with Gasteiger partial charge in [-0.05, 0) is 77.6 Å². The Balaban J connectivity index is 1.76. The number of benzene rings is 3. The van der Waals surface area contributed by atoms with Crippen molar-refractivity contribution in [2.24, 2.45) is 11.8 Å². The van der Waals surface area contributed by atoms with E-state index in [1.165, 1.54) is 38.6 Å². The van der Waals surface area contributed by atoms with Crippen molar-refractivity contribution in [2.75, 3.05) is 0 Å². The number of hydrogen-bond acceptors (Lipinski definition) is 2. The second-order valence-corrected chi connectivity index (χ2v) is 11.1. The first-order valence-electron chi connectivity index (χ1n) is 12.9. The highest BCUT2D eigenvalue weighted by Crippen LogP contribution is 2.58. The van der Waals surface area contributed by atoms with E-state index < -0.39 is 0 Å². The molecule has 2 heteroatoms. The van der Waals surface area contributed by atoms with Crippen molar-refractivity contribution in [3.8, 4) is 22.4 Å². The maximum atomic E-state index is 6.71. The van der Waals surface area contributed by atoms with Crippen molar-refractivity contribution in [3.63, 3.8) is 0 Å². The summed E-state index contributed by atoms with van der Waals surface area (Å²) in [4.78, 5) is 4.68. The van der Waals surface area contributed by atoms with Crippen molar-refractivity contribution >= 4 is 21.9 Å².